The lowest BCUT2D eigenvalue weighted by Crippen LogP contribution is -2.30. The van der Waals surface area contributed by atoms with Crippen molar-refractivity contribution in [1.82, 2.24) is 0 Å². The molecule has 0 rings (SSSR count). The van der Waals surface area contributed by atoms with Crippen molar-refractivity contribution in [3.05, 3.63) is 0 Å². The van der Waals surface area contributed by atoms with Crippen molar-refractivity contribution in [2.24, 2.45) is 11.8 Å². The third-order valence-corrected chi connectivity index (χ3v) is 21.6. The molecule has 0 bridgehead atoms. The molecule has 0 heterocycles. The van der Waals surface area contributed by atoms with Crippen LogP contribution >= 0.6 is 15.6 Å². The summed E-state index contributed by atoms with van der Waals surface area (Å²) in [5, 5.41) is 10.6. The number of ether oxygens (including phenoxy) is 4. The molecule has 0 aliphatic rings. The molecule has 0 saturated carbocycles. The van der Waals surface area contributed by atoms with Gasteiger partial charge in [-0.05, 0) is 37.5 Å². The Balaban J connectivity index is 5.19. The molecule has 0 aromatic carbocycles. The van der Waals surface area contributed by atoms with Gasteiger partial charge in [-0.25, -0.2) is 9.13 Å². The normalized spacial score (nSPS) is 13.9. The Hall–Kier alpha value is -1.94. The minimum Gasteiger partial charge on any atom is -0.462 e. The van der Waals surface area contributed by atoms with E-state index in [1.54, 1.807) is 0 Å². The second-order valence-corrected chi connectivity index (χ2v) is 34.1. The second kappa shape index (κ2) is 75.5. The smallest absolute Gasteiger partial charge is 0.462 e. The van der Waals surface area contributed by atoms with E-state index in [1.807, 2.05) is 0 Å². The van der Waals surface area contributed by atoms with Gasteiger partial charge in [-0.3, -0.25) is 37.3 Å². The van der Waals surface area contributed by atoms with Gasteiger partial charge in [-0.15, -0.1) is 0 Å². The number of unbranched alkanes of at least 4 members (excludes halogenated alkanes) is 53. The molecule has 0 aromatic heterocycles. The summed E-state index contributed by atoms with van der Waals surface area (Å²) in [5.41, 5.74) is 0. The maximum Gasteiger partial charge on any atom is 0.472 e. The molecule has 2 unspecified atom stereocenters. The number of rotatable bonds is 83. The van der Waals surface area contributed by atoms with E-state index in [2.05, 4.69) is 41.5 Å². The van der Waals surface area contributed by atoms with Gasteiger partial charge in [-0.2, -0.15) is 0 Å². The van der Waals surface area contributed by atoms with Gasteiger partial charge < -0.3 is 33.8 Å². The zero-order valence-corrected chi connectivity index (χ0v) is 69.4. The average Bonchev–Trinajstić information content (AvgIpc) is 0.909. The highest BCUT2D eigenvalue weighted by Gasteiger charge is 2.30. The van der Waals surface area contributed by atoms with Gasteiger partial charge >= 0.3 is 39.5 Å². The third kappa shape index (κ3) is 78.0. The summed E-state index contributed by atoms with van der Waals surface area (Å²) in [7, 11) is -9.92. The SMILES string of the molecule is CCCCCCCCCCCCCCCCCCCCCCC(=O)OC[C@H](COP(=O)(O)OC[C@@H](O)COP(=O)(O)OC[C@@H](COC(=O)CCCCCCCCC(C)C)OC(=O)CCCCCCCCCCCCCCC)OC(=O)CCCCCCCCCCCCCCCCCCCCC(C)C. The molecule has 0 fully saturated rings. The predicted molar refractivity (Wildman–Crippen MR) is 423 cm³/mol. The van der Waals surface area contributed by atoms with Crippen molar-refractivity contribution in [2.75, 3.05) is 39.6 Å². The van der Waals surface area contributed by atoms with Crippen LogP contribution in [0.5, 0.6) is 0 Å². The highest BCUT2D eigenvalue weighted by molar-refractivity contribution is 7.47. The maximum atomic E-state index is 13.1. The van der Waals surface area contributed by atoms with Crippen molar-refractivity contribution < 1.29 is 80.2 Å². The molecule has 612 valence electrons. The Labute approximate surface area is 632 Å². The van der Waals surface area contributed by atoms with Crippen LogP contribution in [0.25, 0.3) is 0 Å². The van der Waals surface area contributed by atoms with Crippen LogP contribution in [0.1, 0.15) is 446 Å². The molecule has 19 heteroatoms. The summed E-state index contributed by atoms with van der Waals surface area (Å²) in [6, 6.07) is 0. The van der Waals surface area contributed by atoms with Crippen LogP contribution in [-0.4, -0.2) is 96.7 Å². The van der Waals surface area contributed by atoms with Crippen LogP contribution in [0, 0.1) is 11.8 Å². The standard InChI is InChI=1S/C84H164O17P2/c1-7-9-11-13-15-17-19-21-22-23-24-25-29-32-36-39-43-47-54-60-66-81(86)94-72-79(100-83(88)69-63-57-49-45-41-37-33-30-27-26-28-31-35-38-42-46-52-58-64-76(3)4)74-98-102(90,91)96-70-78(85)71-97-103(92,93)99-75-80(73-95-82(87)67-61-55-51-50-53-59-65-77(5)6)101-84(89)68-62-56-48-44-40-34-20-18-16-14-12-10-8-2/h76-80,85H,7-75H2,1-6H3,(H,90,91)(H,92,93)/t78-,79-,80-/m1/s1. The van der Waals surface area contributed by atoms with Gasteiger partial charge in [0, 0.05) is 25.7 Å². The number of phosphoric ester groups is 2. The van der Waals surface area contributed by atoms with Gasteiger partial charge in [0.05, 0.1) is 26.4 Å². The molecular formula is C84H164O17P2. The van der Waals surface area contributed by atoms with E-state index in [-0.39, 0.29) is 25.7 Å². The van der Waals surface area contributed by atoms with Crippen molar-refractivity contribution >= 4 is 39.5 Å². The quantitative estimate of drug-likeness (QED) is 0.0222. The Kier molecular flexibility index (Phi) is 74.1. The Morgan fingerprint density at radius 2 is 0.447 bits per heavy atom. The fourth-order valence-electron chi connectivity index (χ4n) is 13.1. The number of esters is 4. The maximum absolute atomic E-state index is 13.1. The number of hydrogen-bond acceptors (Lipinski definition) is 15. The molecule has 0 spiro atoms. The molecule has 0 radical (unpaired) electrons. The number of carbonyl (C=O) groups excluding carboxylic acids is 4. The van der Waals surface area contributed by atoms with Crippen molar-refractivity contribution in [3.8, 4) is 0 Å². The first-order chi connectivity index (χ1) is 49.9. The largest absolute Gasteiger partial charge is 0.472 e. The molecule has 3 N–H and O–H groups in total. The zero-order valence-electron chi connectivity index (χ0n) is 67.6. The highest BCUT2D eigenvalue weighted by Crippen LogP contribution is 2.45. The van der Waals surface area contributed by atoms with Crippen LogP contribution in [-0.2, 0) is 65.4 Å². The van der Waals surface area contributed by atoms with Gasteiger partial charge in [0.1, 0.15) is 19.3 Å². The van der Waals surface area contributed by atoms with Crippen molar-refractivity contribution in [3.63, 3.8) is 0 Å². The van der Waals surface area contributed by atoms with E-state index in [1.165, 1.54) is 257 Å². The molecular weight excluding hydrogens is 1340 g/mol. The number of phosphoric acid groups is 2. The molecule has 0 saturated heterocycles. The summed E-state index contributed by atoms with van der Waals surface area (Å²) in [6.45, 7) is 9.60. The summed E-state index contributed by atoms with van der Waals surface area (Å²) in [5.74, 6) is -0.607. The van der Waals surface area contributed by atoms with Gasteiger partial charge in [0.15, 0.2) is 12.2 Å². The van der Waals surface area contributed by atoms with E-state index in [0.29, 0.717) is 31.6 Å². The van der Waals surface area contributed by atoms with Gasteiger partial charge in [0.2, 0.25) is 0 Å². The molecule has 0 aliphatic heterocycles. The van der Waals surface area contributed by atoms with Crippen molar-refractivity contribution in [2.45, 2.75) is 464 Å². The molecule has 103 heavy (non-hydrogen) atoms. The first-order valence-electron chi connectivity index (χ1n) is 43.5. The predicted octanol–water partition coefficient (Wildman–Crippen LogP) is 25.5. The van der Waals surface area contributed by atoms with Crippen LogP contribution in [0.3, 0.4) is 0 Å². The van der Waals surface area contributed by atoms with E-state index in [0.717, 1.165) is 102 Å². The molecule has 0 amide bonds. The molecule has 5 atom stereocenters. The Morgan fingerprint density at radius 1 is 0.262 bits per heavy atom. The monoisotopic (exact) mass is 1510 g/mol. The summed E-state index contributed by atoms with van der Waals surface area (Å²) in [4.78, 5) is 73.1. The molecule has 0 aromatic rings. The number of carbonyl (C=O) groups is 4. The third-order valence-electron chi connectivity index (χ3n) is 19.7. The molecule has 0 aliphatic carbocycles. The minimum atomic E-state index is -4.96. The number of aliphatic hydroxyl groups is 1. The van der Waals surface area contributed by atoms with Gasteiger partial charge in [0.25, 0.3) is 0 Å². The van der Waals surface area contributed by atoms with Gasteiger partial charge in [-0.1, -0.05) is 395 Å². The van der Waals surface area contributed by atoms with E-state index in [9.17, 15) is 43.2 Å². The first-order valence-corrected chi connectivity index (χ1v) is 46.5. The average molecular weight is 1510 g/mol. The summed E-state index contributed by atoms with van der Waals surface area (Å²) in [6.07, 6.45) is 66.9. The topological polar surface area (TPSA) is 237 Å². The van der Waals surface area contributed by atoms with Crippen LogP contribution < -0.4 is 0 Å². The minimum absolute atomic E-state index is 0.107. The van der Waals surface area contributed by atoms with Crippen molar-refractivity contribution in [1.29, 1.82) is 0 Å². The number of aliphatic hydroxyl groups excluding tert-OH is 1. The lowest BCUT2D eigenvalue weighted by atomic mass is 10.0. The van der Waals surface area contributed by atoms with E-state index < -0.39 is 97.5 Å². The second-order valence-electron chi connectivity index (χ2n) is 31.2. The summed E-state index contributed by atoms with van der Waals surface area (Å²) >= 11 is 0. The molecule has 17 nitrogen and oxygen atoms in total. The van der Waals surface area contributed by atoms with Crippen LogP contribution in [0.2, 0.25) is 0 Å². The lowest BCUT2D eigenvalue weighted by Gasteiger charge is -2.21. The zero-order chi connectivity index (χ0) is 75.6. The van der Waals surface area contributed by atoms with E-state index in [4.69, 9.17) is 37.0 Å². The first kappa shape index (κ1) is 101. The highest BCUT2D eigenvalue weighted by atomic mass is 31.2. The van der Waals surface area contributed by atoms with E-state index >= 15 is 0 Å². The number of hydrogen-bond donors (Lipinski definition) is 3. The lowest BCUT2D eigenvalue weighted by molar-refractivity contribution is -0.161. The Morgan fingerprint density at radius 3 is 0.660 bits per heavy atom. The fraction of sp³-hybridized carbons (Fsp3) is 0.952. The fourth-order valence-corrected chi connectivity index (χ4v) is 14.6. The van der Waals surface area contributed by atoms with Crippen LogP contribution in [0.15, 0.2) is 0 Å². The van der Waals surface area contributed by atoms with Crippen LogP contribution in [0.4, 0.5) is 0 Å². The summed E-state index contributed by atoms with van der Waals surface area (Å²) < 4.78 is 68.7. The Bertz CT molecular complexity index is 1980.